The minimum absolute atomic E-state index is 0.156. The van der Waals surface area contributed by atoms with E-state index in [1.807, 2.05) is 17.0 Å². The van der Waals surface area contributed by atoms with Gasteiger partial charge in [0.1, 0.15) is 5.54 Å². The van der Waals surface area contributed by atoms with Crippen molar-refractivity contribution in [1.29, 1.82) is 0 Å². The number of nitrogens with one attached hydrogen (secondary N) is 1. The van der Waals surface area contributed by atoms with Crippen molar-refractivity contribution < 1.29 is 9.59 Å². The lowest BCUT2D eigenvalue weighted by Crippen LogP contribution is -2.62. The average molecular weight is 348 g/mol. The molecule has 1 atom stereocenters. The summed E-state index contributed by atoms with van der Waals surface area (Å²) in [5.74, 6) is 0.156. The number of carbonyl (C=O) groups is 2. The molecule has 128 valence electrons. The summed E-state index contributed by atoms with van der Waals surface area (Å²) >= 11 is 6.15. The van der Waals surface area contributed by atoms with E-state index in [1.165, 1.54) is 0 Å². The Kier molecular flexibility index (Phi) is 3.91. The van der Waals surface area contributed by atoms with Crippen LogP contribution < -0.4 is 5.32 Å². The Labute approximate surface area is 146 Å². The molecule has 1 aromatic carbocycles. The number of piperidine rings is 1. The van der Waals surface area contributed by atoms with Gasteiger partial charge in [0.05, 0.1) is 10.7 Å². The topological polar surface area (TPSA) is 52.7 Å². The molecule has 0 bridgehead atoms. The first-order valence-corrected chi connectivity index (χ1v) is 9.14. The molecule has 4 rings (SSSR count). The summed E-state index contributed by atoms with van der Waals surface area (Å²) < 4.78 is 0. The predicted molar refractivity (Wildman–Crippen MR) is 93.1 cm³/mol. The number of rotatable bonds is 2. The van der Waals surface area contributed by atoms with Crippen molar-refractivity contribution in [3.8, 4) is 0 Å². The zero-order valence-corrected chi connectivity index (χ0v) is 14.4. The molecule has 1 aliphatic carbocycles. The van der Waals surface area contributed by atoms with E-state index in [0.29, 0.717) is 23.3 Å². The monoisotopic (exact) mass is 347 g/mol. The van der Waals surface area contributed by atoms with Crippen LogP contribution in [0.15, 0.2) is 24.3 Å². The van der Waals surface area contributed by atoms with Crippen molar-refractivity contribution in [2.24, 2.45) is 0 Å². The lowest BCUT2D eigenvalue weighted by molar-refractivity contribution is -0.146. The Morgan fingerprint density at radius 1 is 1.17 bits per heavy atom. The van der Waals surface area contributed by atoms with E-state index >= 15 is 0 Å². The highest BCUT2D eigenvalue weighted by molar-refractivity contribution is 6.33. The fourth-order valence-electron chi connectivity index (χ4n) is 4.15. The molecule has 6 heteroatoms. The molecule has 1 spiro atoms. The summed E-state index contributed by atoms with van der Waals surface area (Å²) in [7, 11) is 0. The van der Waals surface area contributed by atoms with Crippen molar-refractivity contribution in [2.75, 3.05) is 18.4 Å². The zero-order chi connectivity index (χ0) is 16.7. The molecule has 5 nitrogen and oxygen atoms in total. The molecule has 1 N–H and O–H groups in total. The molecule has 2 saturated heterocycles. The van der Waals surface area contributed by atoms with Gasteiger partial charge in [0.15, 0.2) is 0 Å². The number of urea groups is 1. The van der Waals surface area contributed by atoms with Gasteiger partial charge in [0, 0.05) is 19.1 Å². The van der Waals surface area contributed by atoms with E-state index < -0.39 is 5.54 Å². The second-order valence-electron chi connectivity index (χ2n) is 7.03. The van der Waals surface area contributed by atoms with Crippen molar-refractivity contribution in [3.05, 3.63) is 29.3 Å². The first-order valence-electron chi connectivity index (χ1n) is 8.76. The highest BCUT2D eigenvalue weighted by Gasteiger charge is 2.54. The third-order valence-corrected chi connectivity index (χ3v) is 5.81. The average Bonchev–Trinajstić information content (AvgIpc) is 3.33. The number of halogens is 1. The van der Waals surface area contributed by atoms with Gasteiger partial charge in [-0.2, -0.15) is 0 Å². The molecule has 2 aliphatic heterocycles. The number of nitrogens with zero attached hydrogens (tertiary/aromatic N) is 2. The second-order valence-corrected chi connectivity index (χ2v) is 7.44. The fourth-order valence-corrected chi connectivity index (χ4v) is 4.34. The molecule has 3 fully saturated rings. The maximum absolute atomic E-state index is 13.1. The Hall–Kier alpha value is -1.75. The summed E-state index contributed by atoms with van der Waals surface area (Å²) in [6.07, 6.45) is 5.59. The summed E-state index contributed by atoms with van der Waals surface area (Å²) in [4.78, 5) is 29.8. The molecule has 1 saturated carbocycles. The minimum atomic E-state index is -0.647. The van der Waals surface area contributed by atoms with E-state index in [4.69, 9.17) is 11.6 Å². The molecule has 1 unspecified atom stereocenters. The number of carbonyl (C=O) groups excluding carboxylic acids is 2. The largest absolute Gasteiger partial charge is 0.338 e. The fraction of sp³-hybridized carbons (Fsp3) is 0.556. The van der Waals surface area contributed by atoms with E-state index in [1.54, 1.807) is 17.0 Å². The number of likely N-dealkylation sites (tertiary alicyclic amines) is 2. The Morgan fingerprint density at radius 2 is 1.88 bits per heavy atom. The molecule has 1 aromatic rings. The van der Waals surface area contributed by atoms with Crippen LogP contribution in [0.2, 0.25) is 5.02 Å². The highest BCUT2D eigenvalue weighted by Crippen LogP contribution is 2.42. The van der Waals surface area contributed by atoms with Crippen LogP contribution in [0.4, 0.5) is 10.5 Å². The van der Waals surface area contributed by atoms with Gasteiger partial charge in [0.25, 0.3) is 0 Å². The van der Waals surface area contributed by atoms with Crippen LogP contribution >= 0.6 is 11.6 Å². The number of para-hydroxylation sites is 1. The van der Waals surface area contributed by atoms with Crippen LogP contribution in [0.5, 0.6) is 0 Å². The summed E-state index contributed by atoms with van der Waals surface area (Å²) in [6.45, 7) is 1.46. The quantitative estimate of drug-likeness (QED) is 0.890. The normalized spacial score (nSPS) is 27.0. The van der Waals surface area contributed by atoms with Crippen LogP contribution in [0.25, 0.3) is 0 Å². The van der Waals surface area contributed by atoms with Gasteiger partial charge in [-0.25, -0.2) is 4.79 Å². The van der Waals surface area contributed by atoms with Crippen molar-refractivity contribution in [1.82, 2.24) is 9.80 Å². The minimum Gasteiger partial charge on any atom is -0.338 e. The first-order chi connectivity index (χ1) is 11.6. The molecular formula is C18H22ClN3O2. The van der Waals surface area contributed by atoms with Gasteiger partial charge >= 0.3 is 6.03 Å². The molecule has 2 heterocycles. The van der Waals surface area contributed by atoms with E-state index in [-0.39, 0.29) is 11.9 Å². The van der Waals surface area contributed by atoms with E-state index in [2.05, 4.69) is 5.32 Å². The van der Waals surface area contributed by atoms with Crippen molar-refractivity contribution >= 4 is 29.2 Å². The van der Waals surface area contributed by atoms with Crippen LogP contribution in [0.3, 0.4) is 0 Å². The van der Waals surface area contributed by atoms with Gasteiger partial charge < -0.3 is 15.1 Å². The van der Waals surface area contributed by atoms with Crippen LogP contribution in [-0.2, 0) is 4.79 Å². The van der Waals surface area contributed by atoms with Gasteiger partial charge in [-0.3, -0.25) is 4.79 Å². The summed E-state index contributed by atoms with van der Waals surface area (Å²) in [5, 5.41) is 3.40. The van der Waals surface area contributed by atoms with E-state index in [0.717, 1.165) is 45.1 Å². The molecule has 0 aromatic heterocycles. The maximum atomic E-state index is 13.1. The molecule has 3 amide bonds. The van der Waals surface area contributed by atoms with Gasteiger partial charge in [0.2, 0.25) is 5.91 Å². The third-order valence-electron chi connectivity index (χ3n) is 5.49. The Balaban J connectivity index is 1.56. The standard InChI is InChI=1S/C18H22ClN3O2/c19-14-5-1-2-6-15(14)20-17(24)22-12-4-10-18(22)9-3-11-21(16(18)23)13-7-8-13/h1-2,5-6,13H,3-4,7-12H2,(H,20,24). The first kappa shape index (κ1) is 15.8. The summed E-state index contributed by atoms with van der Waals surface area (Å²) in [5.41, 5.74) is -0.0554. The van der Waals surface area contributed by atoms with Crippen molar-refractivity contribution in [3.63, 3.8) is 0 Å². The molecule has 0 radical (unpaired) electrons. The molecular weight excluding hydrogens is 326 g/mol. The van der Waals surface area contributed by atoms with Gasteiger partial charge in [-0.05, 0) is 50.7 Å². The zero-order valence-electron chi connectivity index (χ0n) is 13.6. The number of anilines is 1. The summed E-state index contributed by atoms with van der Waals surface area (Å²) in [6, 6.07) is 7.38. The number of amides is 3. The van der Waals surface area contributed by atoms with E-state index in [9.17, 15) is 9.59 Å². The van der Waals surface area contributed by atoms with Gasteiger partial charge in [-0.1, -0.05) is 23.7 Å². The Morgan fingerprint density at radius 3 is 2.58 bits per heavy atom. The second kappa shape index (κ2) is 5.96. The van der Waals surface area contributed by atoms with Crippen LogP contribution in [-0.4, -0.2) is 46.4 Å². The SMILES string of the molecule is O=C(Nc1ccccc1Cl)N1CCCC12CCCN(C1CC1)C2=O. The Bertz CT molecular complexity index is 676. The van der Waals surface area contributed by atoms with Crippen LogP contribution in [0.1, 0.15) is 38.5 Å². The number of hydrogen-bond acceptors (Lipinski definition) is 2. The number of benzene rings is 1. The van der Waals surface area contributed by atoms with Crippen LogP contribution in [0, 0.1) is 0 Å². The lowest BCUT2D eigenvalue weighted by Gasteiger charge is -2.44. The van der Waals surface area contributed by atoms with Crippen molar-refractivity contribution in [2.45, 2.75) is 50.1 Å². The molecule has 24 heavy (non-hydrogen) atoms. The smallest absolute Gasteiger partial charge is 0.322 e. The molecule has 3 aliphatic rings. The lowest BCUT2D eigenvalue weighted by atomic mass is 9.85. The maximum Gasteiger partial charge on any atom is 0.322 e. The predicted octanol–water partition coefficient (Wildman–Crippen LogP) is 3.49. The third kappa shape index (κ3) is 2.55. The highest BCUT2D eigenvalue weighted by atomic mass is 35.5. The number of hydrogen-bond donors (Lipinski definition) is 1. The van der Waals surface area contributed by atoms with Gasteiger partial charge in [-0.15, -0.1) is 0 Å².